The molecule has 5 N–H and O–H groups in total. The zero-order valence-corrected chi connectivity index (χ0v) is 25.1. The lowest BCUT2D eigenvalue weighted by Gasteiger charge is -2.28. The van der Waals surface area contributed by atoms with Gasteiger partial charge in [-0.2, -0.15) is 0 Å². The minimum Gasteiger partial charge on any atom is -0.507 e. The first kappa shape index (κ1) is 29.8. The van der Waals surface area contributed by atoms with Gasteiger partial charge in [0.2, 0.25) is 25.4 Å². The van der Waals surface area contributed by atoms with Gasteiger partial charge in [-0.1, -0.05) is 35.3 Å². The van der Waals surface area contributed by atoms with Crippen molar-refractivity contribution in [3.63, 3.8) is 0 Å². The molecule has 0 bridgehead atoms. The SMILES string of the molecule is O=C1N(CO)c2cccc(Cl)c2C1(CO)c1cc2c(cc1O)OCO2.O=C1Nc2cccc(Cl)c2C1c1cc2c(cc1O)OCO2. The molecule has 0 saturated carbocycles. The van der Waals surface area contributed by atoms with Crippen LogP contribution < -0.4 is 29.2 Å². The predicted molar refractivity (Wildman–Crippen MR) is 164 cm³/mol. The molecule has 0 aromatic heterocycles. The van der Waals surface area contributed by atoms with Gasteiger partial charge >= 0.3 is 0 Å². The summed E-state index contributed by atoms with van der Waals surface area (Å²) >= 11 is 12.5. The first-order chi connectivity index (χ1) is 22.2. The molecule has 0 saturated heterocycles. The lowest BCUT2D eigenvalue weighted by atomic mass is 9.75. The number of rotatable bonds is 4. The Kier molecular flexibility index (Phi) is 7.24. The van der Waals surface area contributed by atoms with Crippen molar-refractivity contribution in [1.82, 2.24) is 0 Å². The number of halogens is 2. The van der Waals surface area contributed by atoms with Crippen molar-refractivity contribution in [3.05, 3.63) is 93.0 Å². The lowest BCUT2D eigenvalue weighted by molar-refractivity contribution is -0.123. The Morgan fingerprint density at radius 2 is 1.43 bits per heavy atom. The van der Waals surface area contributed by atoms with Crippen molar-refractivity contribution in [3.8, 4) is 34.5 Å². The van der Waals surface area contributed by atoms with E-state index in [1.165, 1.54) is 18.2 Å². The normalized spacial score (nSPS) is 19.8. The van der Waals surface area contributed by atoms with Gasteiger partial charge in [0.25, 0.3) is 0 Å². The van der Waals surface area contributed by atoms with E-state index in [4.69, 9.17) is 42.1 Å². The number of aliphatic hydroxyl groups excluding tert-OH is 2. The van der Waals surface area contributed by atoms with E-state index in [1.54, 1.807) is 42.5 Å². The Morgan fingerprint density at radius 1 is 0.826 bits per heavy atom. The fraction of sp³-hybridized carbons (Fsp3) is 0.188. The smallest absolute Gasteiger partial charge is 0.246 e. The number of hydrogen-bond acceptors (Lipinski definition) is 10. The van der Waals surface area contributed by atoms with Crippen LogP contribution in [0.5, 0.6) is 34.5 Å². The molecule has 0 radical (unpaired) electrons. The number of ether oxygens (including phenoxy) is 4. The Morgan fingerprint density at radius 3 is 2.11 bits per heavy atom. The Labute approximate surface area is 270 Å². The Balaban J connectivity index is 0.000000149. The lowest BCUT2D eigenvalue weighted by Crippen LogP contribution is -2.44. The van der Waals surface area contributed by atoms with Crippen molar-refractivity contribution in [2.24, 2.45) is 0 Å². The van der Waals surface area contributed by atoms with Gasteiger partial charge in [0.05, 0.1) is 18.2 Å². The summed E-state index contributed by atoms with van der Waals surface area (Å²) in [6, 6.07) is 16.0. The number of phenols is 2. The second-order valence-electron chi connectivity index (χ2n) is 10.7. The molecule has 0 spiro atoms. The minimum atomic E-state index is -1.65. The molecule has 4 heterocycles. The summed E-state index contributed by atoms with van der Waals surface area (Å²) in [5, 5.41) is 44.1. The van der Waals surface area contributed by atoms with Gasteiger partial charge in [-0.25, -0.2) is 0 Å². The summed E-state index contributed by atoms with van der Waals surface area (Å²) in [7, 11) is 0. The number of fused-ring (bicyclic) bond motifs is 4. The monoisotopic (exact) mass is 666 g/mol. The molecular formula is C32H24Cl2N2O10. The van der Waals surface area contributed by atoms with Crippen LogP contribution >= 0.6 is 23.2 Å². The molecule has 46 heavy (non-hydrogen) atoms. The Hall–Kier alpha value is -4.88. The van der Waals surface area contributed by atoms with Crippen LogP contribution in [0.2, 0.25) is 10.0 Å². The molecule has 2 atom stereocenters. The van der Waals surface area contributed by atoms with Gasteiger partial charge in [-0.15, -0.1) is 0 Å². The topological polar surface area (TPSA) is 167 Å². The first-order valence-corrected chi connectivity index (χ1v) is 14.6. The molecule has 12 nitrogen and oxygen atoms in total. The number of anilines is 2. The van der Waals surface area contributed by atoms with Crippen LogP contribution in [0, 0.1) is 0 Å². The fourth-order valence-electron chi connectivity index (χ4n) is 6.25. The third-order valence-corrected chi connectivity index (χ3v) is 8.99. The second kappa shape index (κ2) is 11.2. The number of amides is 2. The van der Waals surface area contributed by atoms with E-state index in [2.05, 4.69) is 5.32 Å². The second-order valence-corrected chi connectivity index (χ2v) is 11.5. The number of benzene rings is 4. The van der Waals surface area contributed by atoms with Crippen molar-refractivity contribution in [2.75, 3.05) is 37.1 Å². The summed E-state index contributed by atoms with van der Waals surface area (Å²) in [6.45, 7) is -1.13. The van der Waals surface area contributed by atoms with Gasteiger partial charge in [-0.05, 0) is 36.4 Å². The van der Waals surface area contributed by atoms with Crippen LogP contribution in [-0.4, -0.2) is 59.2 Å². The van der Waals surface area contributed by atoms with Gasteiger partial charge in [0, 0.05) is 50.1 Å². The average Bonchev–Trinajstić information content (AvgIpc) is 3.81. The van der Waals surface area contributed by atoms with E-state index in [9.17, 15) is 30.0 Å². The third-order valence-electron chi connectivity index (χ3n) is 8.34. The summed E-state index contributed by atoms with van der Waals surface area (Å²) < 4.78 is 21.1. The summed E-state index contributed by atoms with van der Waals surface area (Å²) in [6.07, 6.45) is 0. The molecule has 14 heteroatoms. The molecule has 8 rings (SSSR count). The maximum atomic E-state index is 13.1. The molecule has 4 aliphatic rings. The van der Waals surface area contributed by atoms with Crippen molar-refractivity contribution >= 4 is 46.4 Å². The van der Waals surface area contributed by atoms with E-state index in [1.807, 2.05) is 0 Å². The first-order valence-electron chi connectivity index (χ1n) is 13.9. The summed E-state index contributed by atoms with van der Waals surface area (Å²) in [5.74, 6) is -0.0671. The zero-order chi connectivity index (χ0) is 32.3. The van der Waals surface area contributed by atoms with Crippen LogP contribution in [0.25, 0.3) is 0 Å². The van der Waals surface area contributed by atoms with Gasteiger partial charge < -0.3 is 44.7 Å². The van der Waals surface area contributed by atoms with E-state index in [-0.39, 0.29) is 41.6 Å². The molecule has 0 fully saturated rings. The highest BCUT2D eigenvalue weighted by atomic mass is 35.5. The molecule has 2 amide bonds. The maximum absolute atomic E-state index is 13.1. The van der Waals surface area contributed by atoms with Gasteiger partial charge in [-0.3, -0.25) is 14.5 Å². The van der Waals surface area contributed by atoms with Gasteiger partial charge in [0.15, 0.2) is 23.0 Å². The third kappa shape index (κ3) is 4.36. The van der Waals surface area contributed by atoms with Crippen LogP contribution in [0.3, 0.4) is 0 Å². The minimum absolute atomic E-state index is 0.00158. The van der Waals surface area contributed by atoms with Crippen molar-refractivity contribution in [2.45, 2.75) is 11.3 Å². The number of nitrogens with zero attached hydrogens (tertiary/aromatic N) is 1. The highest BCUT2D eigenvalue weighted by Crippen LogP contribution is 2.53. The number of carbonyl (C=O) groups excluding carboxylic acids is 2. The van der Waals surface area contributed by atoms with Gasteiger partial charge in [0.1, 0.15) is 23.6 Å². The average molecular weight is 667 g/mol. The maximum Gasteiger partial charge on any atom is 0.246 e. The number of carbonyl (C=O) groups is 2. The van der Waals surface area contributed by atoms with E-state index < -0.39 is 30.6 Å². The molecule has 4 aromatic rings. The summed E-state index contributed by atoms with van der Waals surface area (Å²) in [5.41, 5.74) is 0.964. The van der Waals surface area contributed by atoms with Crippen molar-refractivity contribution in [1.29, 1.82) is 0 Å². The molecular weight excluding hydrogens is 643 g/mol. The highest BCUT2D eigenvalue weighted by molar-refractivity contribution is 6.34. The molecule has 2 unspecified atom stereocenters. The van der Waals surface area contributed by atoms with Crippen LogP contribution in [0.4, 0.5) is 11.4 Å². The molecule has 236 valence electrons. The Bertz CT molecular complexity index is 1940. The quantitative estimate of drug-likeness (QED) is 0.213. The van der Waals surface area contributed by atoms with E-state index >= 15 is 0 Å². The van der Waals surface area contributed by atoms with Crippen molar-refractivity contribution < 1.29 is 49.0 Å². The largest absolute Gasteiger partial charge is 0.507 e. The molecule has 4 aliphatic heterocycles. The standard InChI is InChI=1S/C17H14ClNO6.C15H10ClNO4/c18-10-2-1-3-11-15(10)17(6-20,16(23)19(11)7-21)9-4-13-14(5-12(9)22)25-8-24-13;16-8-2-1-3-9-14(8)13(15(19)17-9)7-4-11-12(5-10(7)18)21-6-20-11/h1-5,20-22H,6-8H2;1-5,13,18H,6H2,(H,17,19). The fourth-order valence-corrected chi connectivity index (χ4v) is 6.87. The van der Waals surface area contributed by atoms with Crippen LogP contribution in [0.15, 0.2) is 60.7 Å². The van der Waals surface area contributed by atoms with E-state index in [0.29, 0.717) is 56.1 Å². The predicted octanol–water partition coefficient (Wildman–Crippen LogP) is 4.21. The number of hydrogen-bond donors (Lipinski definition) is 5. The van der Waals surface area contributed by atoms with Crippen LogP contribution in [-0.2, 0) is 15.0 Å². The molecule has 0 aliphatic carbocycles. The number of aromatic hydroxyl groups is 2. The van der Waals surface area contributed by atoms with Crippen LogP contribution in [0.1, 0.15) is 28.2 Å². The van der Waals surface area contributed by atoms with E-state index in [0.717, 1.165) is 4.90 Å². The summed E-state index contributed by atoms with van der Waals surface area (Å²) in [4.78, 5) is 26.5. The highest BCUT2D eigenvalue weighted by Gasteiger charge is 2.54. The zero-order valence-electron chi connectivity index (χ0n) is 23.6. The number of aliphatic hydroxyl groups is 2. The number of nitrogens with one attached hydrogen (secondary N) is 1. The molecule has 4 aromatic carbocycles. The number of phenolic OH excluding ortho intramolecular Hbond substituents is 2.